The maximum absolute atomic E-state index is 13.9. The summed E-state index contributed by atoms with van der Waals surface area (Å²) in [5, 5.41) is 4.07. The van der Waals surface area contributed by atoms with Crippen molar-refractivity contribution in [3.8, 4) is 0 Å². The Labute approximate surface area is 263 Å². The monoisotopic (exact) mass is 651 g/mol. The van der Waals surface area contributed by atoms with Crippen LogP contribution in [0.15, 0.2) is 72.8 Å². The van der Waals surface area contributed by atoms with Gasteiger partial charge in [0.2, 0.25) is 21.8 Å². The summed E-state index contributed by atoms with van der Waals surface area (Å²) in [4.78, 5) is 29.0. The molecule has 3 rings (SSSR count). The van der Waals surface area contributed by atoms with E-state index in [9.17, 15) is 18.0 Å². The summed E-state index contributed by atoms with van der Waals surface area (Å²) in [6.07, 6.45) is 1.57. The van der Waals surface area contributed by atoms with Crippen LogP contribution in [0.3, 0.4) is 0 Å². The third-order valence-corrected chi connectivity index (χ3v) is 8.50. The van der Waals surface area contributed by atoms with Crippen molar-refractivity contribution in [2.75, 3.05) is 23.7 Å². The number of amides is 2. The molecule has 0 radical (unpaired) electrons. The van der Waals surface area contributed by atoms with E-state index in [1.165, 1.54) is 12.1 Å². The lowest BCUT2D eigenvalue weighted by Crippen LogP contribution is -2.51. The fourth-order valence-corrected chi connectivity index (χ4v) is 6.09. The lowest BCUT2D eigenvalue weighted by Gasteiger charge is -2.32. The molecule has 0 bridgehead atoms. The molecule has 0 fully saturated rings. The van der Waals surface area contributed by atoms with E-state index >= 15 is 0 Å². The van der Waals surface area contributed by atoms with Crippen LogP contribution in [-0.4, -0.2) is 50.5 Å². The Hall–Kier alpha value is -2.78. The van der Waals surface area contributed by atoms with Crippen LogP contribution >= 0.6 is 34.8 Å². The quantitative estimate of drug-likeness (QED) is 0.213. The normalized spacial score (nSPS) is 12.2. The molecule has 226 valence electrons. The molecule has 0 aliphatic carbocycles. The fraction of sp³-hybridized carbons (Fsp3) is 0.355. The summed E-state index contributed by atoms with van der Waals surface area (Å²) in [7, 11) is -3.73. The smallest absolute Gasteiger partial charge is 0.243 e. The highest BCUT2D eigenvalue weighted by atomic mass is 35.5. The highest BCUT2D eigenvalue weighted by Gasteiger charge is 2.31. The number of halogens is 3. The van der Waals surface area contributed by atoms with E-state index in [2.05, 4.69) is 5.32 Å². The first-order valence-corrected chi connectivity index (χ1v) is 16.6. The number of nitrogens with zero attached hydrogens (tertiary/aromatic N) is 2. The van der Waals surface area contributed by atoms with Crippen molar-refractivity contribution >= 4 is 62.3 Å². The first-order chi connectivity index (χ1) is 19.8. The Bertz CT molecular complexity index is 1470. The van der Waals surface area contributed by atoms with E-state index in [1.807, 2.05) is 50.2 Å². The molecule has 0 aromatic heterocycles. The average molecular weight is 653 g/mol. The second-order valence-electron chi connectivity index (χ2n) is 10.5. The van der Waals surface area contributed by atoms with Gasteiger partial charge in [-0.25, -0.2) is 8.42 Å². The minimum Gasteiger partial charge on any atom is -0.354 e. The molecule has 3 aromatic rings. The number of carbonyl (C=O) groups excluding carboxylic acids is 2. The molecule has 1 atom stereocenters. The van der Waals surface area contributed by atoms with E-state index in [4.69, 9.17) is 34.8 Å². The summed E-state index contributed by atoms with van der Waals surface area (Å²) in [6, 6.07) is 20.5. The zero-order chi connectivity index (χ0) is 30.9. The topological polar surface area (TPSA) is 86.8 Å². The SMILES string of the molecule is CC(C)CNC(=O)C(Cc1ccccc1)N(Cc1cccc(Cl)c1)C(=O)CCCN(c1cc(Cl)ccc1Cl)S(C)(=O)=O. The van der Waals surface area contributed by atoms with Crippen LogP contribution in [0, 0.1) is 5.92 Å². The van der Waals surface area contributed by atoms with Gasteiger partial charge >= 0.3 is 0 Å². The molecule has 7 nitrogen and oxygen atoms in total. The number of carbonyl (C=O) groups is 2. The van der Waals surface area contributed by atoms with Gasteiger partial charge in [0.05, 0.1) is 17.0 Å². The Kier molecular flexibility index (Phi) is 12.5. The standard InChI is InChI=1S/C31H36Cl3N3O4S/c1-22(2)20-35-31(39)29(18-23-9-5-4-6-10-23)36(21-24-11-7-12-25(32)17-24)30(38)13-8-16-37(42(3,40)41)28-19-26(33)14-15-27(28)34/h4-7,9-12,14-15,17,19,22,29H,8,13,16,18,20-21H2,1-3H3,(H,35,39). The minimum absolute atomic E-state index is 0.00145. The minimum atomic E-state index is -3.73. The van der Waals surface area contributed by atoms with Gasteiger partial charge in [0.25, 0.3) is 0 Å². The molecule has 11 heteroatoms. The van der Waals surface area contributed by atoms with Crippen LogP contribution in [0.1, 0.15) is 37.8 Å². The second kappa shape index (κ2) is 15.6. The van der Waals surface area contributed by atoms with Gasteiger partial charge in [0.15, 0.2) is 0 Å². The molecule has 2 amide bonds. The lowest BCUT2D eigenvalue weighted by atomic mass is 10.0. The van der Waals surface area contributed by atoms with Crippen molar-refractivity contribution in [1.82, 2.24) is 10.2 Å². The van der Waals surface area contributed by atoms with Crippen molar-refractivity contribution in [1.29, 1.82) is 0 Å². The summed E-state index contributed by atoms with van der Waals surface area (Å²) < 4.78 is 26.5. The summed E-state index contributed by atoms with van der Waals surface area (Å²) in [5.74, 6) is -0.323. The van der Waals surface area contributed by atoms with Crippen LogP contribution in [0.2, 0.25) is 15.1 Å². The lowest BCUT2D eigenvalue weighted by molar-refractivity contribution is -0.141. The third kappa shape index (κ3) is 10.2. The zero-order valence-electron chi connectivity index (χ0n) is 23.9. The third-order valence-electron chi connectivity index (χ3n) is 6.53. The predicted octanol–water partition coefficient (Wildman–Crippen LogP) is 6.61. The summed E-state index contributed by atoms with van der Waals surface area (Å²) in [6.45, 7) is 4.62. The van der Waals surface area contributed by atoms with E-state index in [-0.39, 0.29) is 54.4 Å². The van der Waals surface area contributed by atoms with E-state index in [0.29, 0.717) is 23.0 Å². The average Bonchev–Trinajstić information content (AvgIpc) is 2.93. The molecule has 42 heavy (non-hydrogen) atoms. The Morgan fingerprint density at radius 3 is 2.19 bits per heavy atom. The highest BCUT2D eigenvalue weighted by molar-refractivity contribution is 7.92. The van der Waals surface area contributed by atoms with Crippen LogP contribution in [-0.2, 0) is 32.6 Å². The van der Waals surface area contributed by atoms with Crippen molar-refractivity contribution in [2.45, 2.75) is 45.7 Å². The second-order valence-corrected chi connectivity index (χ2v) is 13.7. The van der Waals surface area contributed by atoms with Crippen LogP contribution < -0.4 is 9.62 Å². The molecule has 1 N–H and O–H groups in total. The Morgan fingerprint density at radius 1 is 0.881 bits per heavy atom. The number of anilines is 1. The van der Waals surface area contributed by atoms with Gasteiger partial charge in [0.1, 0.15) is 6.04 Å². The molecule has 0 aliphatic rings. The number of nitrogens with one attached hydrogen (secondary N) is 1. The van der Waals surface area contributed by atoms with Crippen LogP contribution in [0.5, 0.6) is 0 Å². The number of hydrogen-bond donors (Lipinski definition) is 1. The van der Waals surface area contributed by atoms with Crippen molar-refractivity contribution in [3.63, 3.8) is 0 Å². The van der Waals surface area contributed by atoms with E-state index < -0.39 is 16.1 Å². The molecule has 0 saturated carbocycles. The molecular formula is C31H36Cl3N3O4S. The predicted molar refractivity (Wildman–Crippen MR) is 172 cm³/mol. The summed E-state index contributed by atoms with van der Waals surface area (Å²) in [5.41, 5.74) is 1.92. The molecule has 3 aromatic carbocycles. The van der Waals surface area contributed by atoms with Crippen molar-refractivity contribution < 1.29 is 18.0 Å². The number of hydrogen-bond acceptors (Lipinski definition) is 4. The summed E-state index contributed by atoms with van der Waals surface area (Å²) >= 11 is 18.7. The van der Waals surface area contributed by atoms with Crippen LogP contribution in [0.25, 0.3) is 0 Å². The molecule has 0 spiro atoms. The molecule has 1 unspecified atom stereocenters. The Morgan fingerprint density at radius 2 is 1.55 bits per heavy atom. The highest BCUT2D eigenvalue weighted by Crippen LogP contribution is 2.31. The van der Waals surface area contributed by atoms with Gasteiger partial charge in [-0.1, -0.05) is 91.1 Å². The van der Waals surface area contributed by atoms with Crippen molar-refractivity contribution in [2.24, 2.45) is 5.92 Å². The van der Waals surface area contributed by atoms with Gasteiger partial charge in [-0.3, -0.25) is 13.9 Å². The zero-order valence-corrected chi connectivity index (χ0v) is 27.0. The number of sulfonamides is 1. The first kappa shape index (κ1) is 33.7. The fourth-order valence-electron chi connectivity index (χ4n) is 4.47. The molecule has 0 heterocycles. The van der Waals surface area contributed by atoms with Gasteiger partial charge in [-0.2, -0.15) is 0 Å². The largest absolute Gasteiger partial charge is 0.354 e. The maximum Gasteiger partial charge on any atom is 0.243 e. The van der Waals surface area contributed by atoms with E-state index in [0.717, 1.165) is 21.7 Å². The molecule has 0 aliphatic heterocycles. The molecular weight excluding hydrogens is 617 g/mol. The van der Waals surface area contributed by atoms with Gasteiger partial charge in [-0.15, -0.1) is 0 Å². The Balaban J connectivity index is 1.90. The van der Waals surface area contributed by atoms with Gasteiger partial charge in [-0.05, 0) is 53.8 Å². The first-order valence-electron chi connectivity index (χ1n) is 13.6. The van der Waals surface area contributed by atoms with Crippen molar-refractivity contribution in [3.05, 3.63) is 99.0 Å². The van der Waals surface area contributed by atoms with E-state index in [1.54, 1.807) is 29.2 Å². The van der Waals surface area contributed by atoms with Crippen LogP contribution in [0.4, 0.5) is 5.69 Å². The number of benzene rings is 3. The molecule has 0 saturated heterocycles. The maximum atomic E-state index is 13.9. The van der Waals surface area contributed by atoms with Gasteiger partial charge in [0, 0.05) is 42.5 Å². The van der Waals surface area contributed by atoms with Gasteiger partial charge < -0.3 is 10.2 Å². The number of rotatable bonds is 14.